The fourth-order valence-electron chi connectivity index (χ4n) is 2.72. The van der Waals surface area contributed by atoms with E-state index >= 15 is 0 Å². The quantitative estimate of drug-likeness (QED) is 0.928. The Kier molecular flexibility index (Phi) is 4.88. The Morgan fingerprint density at radius 2 is 1.76 bits per heavy atom. The number of halogens is 3. The summed E-state index contributed by atoms with van der Waals surface area (Å²) in [5.74, 6) is -0.591. The maximum Gasteiger partial charge on any atom is 0.401 e. The lowest BCUT2D eigenvalue weighted by molar-refractivity contribution is -0.148. The van der Waals surface area contributed by atoms with Gasteiger partial charge in [0.1, 0.15) is 0 Å². The first-order chi connectivity index (χ1) is 9.83. The fourth-order valence-corrected chi connectivity index (χ4v) is 2.72. The summed E-state index contributed by atoms with van der Waals surface area (Å²) in [6.07, 6.45) is -1.84. The minimum absolute atomic E-state index is 0.249. The summed E-state index contributed by atoms with van der Waals surface area (Å²) in [6.45, 7) is 0.113. The molecular formula is C15H18F3NO2. The summed E-state index contributed by atoms with van der Waals surface area (Å²) in [5, 5.41) is 8.82. The molecule has 0 aliphatic carbocycles. The van der Waals surface area contributed by atoms with Gasteiger partial charge in [-0.3, -0.25) is 4.90 Å². The average molecular weight is 301 g/mol. The summed E-state index contributed by atoms with van der Waals surface area (Å²) in [6, 6.07) is 6.70. The summed E-state index contributed by atoms with van der Waals surface area (Å²) in [4.78, 5) is 12.2. The first kappa shape index (κ1) is 15.8. The van der Waals surface area contributed by atoms with E-state index in [9.17, 15) is 18.0 Å². The van der Waals surface area contributed by atoms with Gasteiger partial charge in [0.2, 0.25) is 0 Å². The summed E-state index contributed by atoms with van der Waals surface area (Å²) in [5.41, 5.74) is 1.29. The molecule has 1 aromatic carbocycles. The van der Waals surface area contributed by atoms with Crippen LogP contribution in [-0.4, -0.2) is 41.8 Å². The fraction of sp³-hybridized carbons (Fsp3) is 0.533. The molecule has 1 aliphatic rings. The molecule has 6 heteroatoms. The van der Waals surface area contributed by atoms with Crippen LogP contribution in [0.25, 0.3) is 0 Å². The molecule has 1 N–H and O–H groups in total. The third-order valence-electron chi connectivity index (χ3n) is 3.84. The molecule has 1 aliphatic heterocycles. The number of aromatic carboxylic acids is 1. The highest BCUT2D eigenvalue weighted by atomic mass is 19.4. The van der Waals surface area contributed by atoms with Crippen molar-refractivity contribution in [3.8, 4) is 0 Å². The third kappa shape index (κ3) is 5.04. The monoisotopic (exact) mass is 301 g/mol. The highest BCUT2D eigenvalue weighted by Crippen LogP contribution is 2.25. The molecular weight excluding hydrogens is 283 g/mol. The van der Waals surface area contributed by atoms with Crippen molar-refractivity contribution in [2.45, 2.75) is 25.4 Å². The van der Waals surface area contributed by atoms with E-state index in [4.69, 9.17) is 5.11 Å². The second-order valence-corrected chi connectivity index (χ2v) is 5.54. The van der Waals surface area contributed by atoms with Crippen molar-refractivity contribution in [3.05, 3.63) is 35.4 Å². The van der Waals surface area contributed by atoms with Gasteiger partial charge in [-0.2, -0.15) is 13.2 Å². The summed E-state index contributed by atoms with van der Waals surface area (Å²) < 4.78 is 36.9. The van der Waals surface area contributed by atoms with Gasteiger partial charge in [-0.15, -0.1) is 0 Å². The Hall–Kier alpha value is -1.56. The molecule has 1 heterocycles. The molecule has 1 aromatic rings. The van der Waals surface area contributed by atoms with E-state index in [0.29, 0.717) is 19.0 Å². The smallest absolute Gasteiger partial charge is 0.401 e. The lowest BCUT2D eigenvalue weighted by Gasteiger charge is -2.32. The lowest BCUT2D eigenvalue weighted by atomic mass is 9.90. The number of rotatable bonds is 4. The average Bonchev–Trinajstić information content (AvgIpc) is 2.40. The van der Waals surface area contributed by atoms with E-state index in [-0.39, 0.29) is 5.56 Å². The largest absolute Gasteiger partial charge is 0.478 e. The normalized spacial score (nSPS) is 17.9. The Balaban J connectivity index is 1.82. The van der Waals surface area contributed by atoms with Crippen LogP contribution in [0.5, 0.6) is 0 Å². The number of hydrogen-bond acceptors (Lipinski definition) is 2. The highest BCUT2D eigenvalue weighted by molar-refractivity contribution is 5.87. The van der Waals surface area contributed by atoms with Crippen molar-refractivity contribution >= 4 is 5.97 Å². The number of nitrogens with zero attached hydrogens (tertiary/aromatic N) is 1. The van der Waals surface area contributed by atoms with Crippen molar-refractivity contribution in [3.63, 3.8) is 0 Å². The molecule has 0 unspecified atom stereocenters. The van der Waals surface area contributed by atoms with Crippen molar-refractivity contribution in [2.24, 2.45) is 5.92 Å². The number of likely N-dealkylation sites (tertiary alicyclic amines) is 1. The van der Waals surface area contributed by atoms with Crippen LogP contribution in [0.2, 0.25) is 0 Å². The van der Waals surface area contributed by atoms with Gasteiger partial charge in [0.15, 0.2) is 0 Å². The summed E-state index contributed by atoms with van der Waals surface area (Å²) in [7, 11) is 0. The highest BCUT2D eigenvalue weighted by Gasteiger charge is 2.32. The maximum atomic E-state index is 12.3. The molecule has 21 heavy (non-hydrogen) atoms. The molecule has 0 radical (unpaired) electrons. The van der Waals surface area contributed by atoms with Crippen LogP contribution < -0.4 is 0 Å². The number of piperidine rings is 1. The number of benzene rings is 1. The topological polar surface area (TPSA) is 40.5 Å². The molecule has 2 rings (SSSR count). The van der Waals surface area contributed by atoms with E-state index in [1.54, 1.807) is 24.3 Å². The number of alkyl halides is 3. The van der Waals surface area contributed by atoms with E-state index in [2.05, 4.69) is 0 Å². The molecule has 1 fully saturated rings. The van der Waals surface area contributed by atoms with Crippen LogP contribution in [-0.2, 0) is 6.42 Å². The van der Waals surface area contributed by atoms with Crippen LogP contribution in [0.3, 0.4) is 0 Å². The SMILES string of the molecule is O=C(O)c1ccc(CC2CCN(CC(F)(F)F)CC2)cc1. The molecule has 1 saturated heterocycles. The van der Waals surface area contributed by atoms with E-state index in [1.807, 2.05) is 0 Å². The molecule has 0 bridgehead atoms. The van der Waals surface area contributed by atoms with E-state index in [0.717, 1.165) is 24.8 Å². The second kappa shape index (κ2) is 6.47. The van der Waals surface area contributed by atoms with Gasteiger partial charge in [-0.25, -0.2) is 4.79 Å². The van der Waals surface area contributed by atoms with Crippen LogP contribution in [0.4, 0.5) is 13.2 Å². The number of hydrogen-bond donors (Lipinski definition) is 1. The van der Waals surface area contributed by atoms with Gasteiger partial charge in [0.25, 0.3) is 0 Å². The van der Waals surface area contributed by atoms with Crippen molar-refractivity contribution in [1.82, 2.24) is 4.90 Å². The lowest BCUT2D eigenvalue weighted by Crippen LogP contribution is -2.40. The van der Waals surface area contributed by atoms with E-state index < -0.39 is 18.7 Å². The van der Waals surface area contributed by atoms with E-state index in [1.165, 1.54) is 4.90 Å². The zero-order valence-corrected chi connectivity index (χ0v) is 11.6. The Labute approximate surface area is 121 Å². The van der Waals surface area contributed by atoms with Gasteiger partial charge >= 0.3 is 12.1 Å². The predicted octanol–water partition coefficient (Wildman–Crippen LogP) is 3.20. The molecule has 0 aromatic heterocycles. The van der Waals surface area contributed by atoms with Crippen LogP contribution >= 0.6 is 0 Å². The number of carboxylic acid groups (broad SMARTS) is 1. The number of carboxylic acids is 1. The molecule has 3 nitrogen and oxygen atoms in total. The third-order valence-corrected chi connectivity index (χ3v) is 3.84. The Bertz CT molecular complexity index is 477. The molecule has 0 amide bonds. The first-order valence-corrected chi connectivity index (χ1v) is 6.95. The van der Waals surface area contributed by atoms with Gasteiger partial charge < -0.3 is 5.11 Å². The molecule has 0 atom stereocenters. The predicted molar refractivity (Wildman–Crippen MR) is 72.3 cm³/mol. The Morgan fingerprint density at radius 3 is 2.24 bits per heavy atom. The van der Waals surface area contributed by atoms with Crippen molar-refractivity contribution < 1.29 is 23.1 Å². The van der Waals surface area contributed by atoms with Crippen molar-refractivity contribution in [1.29, 1.82) is 0 Å². The molecule has 116 valence electrons. The van der Waals surface area contributed by atoms with Gasteiger partial charge in [0.05, 0.1) is 12.1 Å². The van der Waals surface area contributed by atoms with Gasteiger partial charge in [-0.05, 0) is 56.0 Å². The second-order valence-electron chi connectivity index (χ2n) is 5.54. The van der Waals surface area contributed by atoms with Gasteiger partial charge in [0, 0.05) is 0 Å². The van der Waals surface area contributed by atoms with Crippen LogP contribution in [0.1, 0.15) is 28.8 Å². The standard InChI is InChI=1S/C15H18F3NO2/c16-15(17,18)10-19-7-5-12(6-8-19)9-11-1-3-13(4-2-11)14(20)21/h1-4,12H,5-10H2,(H,20,21). The zero-order valence-electron chi connectivity index (χ0n) is 11.6. The minimum Gasteiger partial charge on any atom is -0.478 e. The zero-order chi connectivity index (χ0) is 15.5. The van der Waals surface area contributed by atoms with Gasteiger partial charge in [-0.1, -0.05) is 12.1 Å². The maximum absolute atomic E-state index is 12.3. The van der Waals surface area contributed by atoms with Crippen molar-refractivity contribution in [2.75, 3.05) is 19.6 Å². The minimum atomic E-state index is -4.13. The first-order valence-electron chi connectivity index (χ1n) is 6.95. The molecule has 0 saturated carbocycles. The molecule has 0 spiro atoms. The van der Waals surface area contributed by atoms with Crippen LogP contribution in [0.15, 0.2) is 24.3 Å². The Morgan fingerprint density at radius 1 is 1.19 bits per heavy atom. The summed E-state index contributed by atoms with van der Waals surface area (Å²) >= 11 is 0. The van der Waals surface area contributed by atoms with Crippen LogP contribution in [0, 0.1) is 5.92 Å². The number of carbonyl (C=O) groups is 1.